The van der Waals surface area contributed by atoms with Gasteiger partial charge in [-0.05, 0) is 58.3 Å². The van der Waals surface area contributed by atoms with E-state index < -0.39 is 0 Å². The predicted molar refractivity (Wildman–Crippen MR) is 81.7 cm³/mol. The molecule has 18 heavy (non-hydrogen) atoms. The van der Waals surface area contributed by atoms with Crippen LogP contribution in [-0.2, 0) is 0 Å². The average Bonchev–Trinajstić information content (AvgIpc) is 2.29. The largest absolute Gasteiger partial charge is 0.396 e. The van der Waals surface area contributed by atoms with Crippen LogP contribution in [0, 0.1) is 5.41 Å². The van der Waals surface area contributed by atoms with Crippen LogP contribution in [-0.4, -0.2) is 11.7 Å². The molecule has 0 aromatic carbocycles. The first-order valence-corrected chi connectivity index (χ1v) is 6.97. The fourth-order valence-electron chi connectivity index (χ4n) is 1.92. The van der Waals surface area contributed by atoms with E-state index in [0.717, 1.165) is 32.1 Å². The van der Waals surface area contributed by atoms with Gasteiger partial charge < -0.3 is 5.11 Å². The fourth-order valence-corrected chi connectivity index (χ4v) is 1.92. The Morgan fingerprint density at radius 2 is 1.78 bits per heavy atom. The molecule has 0 fully saturated rings. The van der Waals surface area contributed by atoms with Gasteiger partial charge in [-0.2, -0.15) is 0 Å². The highest BCUT2D eigenvalue weighted by Gasteiger charge is 2.18. The first-order chi connectivity index (χ1) is 8.43. The predicted octanol–water partition coefficient (Wildman–Crippen LogP) is 5.03. The number of allylic oxidation sites excluding steroid dienone is 5. The molecule has 0 aliphatic carbocycles. The molecule has 1 nitrogen and oxygen atoms in total. The molecule has 0 radical (unpaired) electrons. The molecule has 1 unspecified atom stereocenters. The van der Waals surface area contributed by atoms with Crippen molar-refractivity contribution in [3.8, 4) is 0 Å². The van der Waals surface area contributed by atoms with Crippen LogP contribution < -0.4 is 0 Å². The summed E-state index contributed by atoms with van der Waals surface area (Å²) in [6, 6.07) is 0. The fraction of sp³-hybridized carbons (Fsp3) is 0.647. The summed E-state index contributed by atoms with van der Waals surface area (Å²) in [5.41, 5.74) is 2.93. The Kier molecular flexibility index (Phi) is 8.74. The van der Waals surface area contributed by atoms with E-state index in [0.29, 0.717) is 0 Å². The zero-order valence-electron chi connectivity index (χ0n) is 12.6. The molecular formula is C17H30O. The topological polar surface area (TPSA) is 20.2 Å². The van der Waals surface area contributed by atoms with E-state index in [-0.39, 0.29) is 12.0 Å². The second kappa shape index (κ2) is 9.16. The lowest BCUT2D eigenvalue weighted by Gasteiger charge is -2.24. The van der Waals surface area contributed by atoms with Crippen molar-refractivity contribution in [2.24, 2.45) is 5.41 Å². The van der Waals surface area contributed by atoms with Crippen molar-refractivity contribution in [3.63, 3.8) is 0 Å². The first kappa shape index (κ1) is 17.2. The van der Waals surface area contributed by atoms with Crippen LogP contribution >= 0.6 is 0 Å². The van der Waals surface area contributed by atoms with Crippen LogP contribution in [0.4, 0.5) is 0 Å². The Bertz CT molecular complexity index is 295. The van der Waals surface area contributed by atoms with E-state index in [1.165, 1.54) is 11.1 Å². The van der Waals surface area contributed by atoms with Gasteiger partial charge >= 0.3 is 0 Å². The molecule has 104 valence electrons. The molecule has 0 aliphatic rings. The van der Waals surface area contributed by atoms with Gasteiger partial charge in [-0.3, -0.25) is 0 Å². The van der Waals surface area contributed by atoms with Gasteiger partial charge in [0.1, 0.15) is 0 Å². The monoisotopic (exact) mass is 250 g/mol. The summed E-state index contributed by atoms with van der Waals surface area (Å²) in [6.07, 6.45) is 11.8. The third-order valence-electron chi connectivity index (χ3n) is 3.48. The lowest BCUT2D eigenvalue weighted by molar-refractivity contribution is 0.224. The molecular weight excluding hydrogens is 220 g/mol. The van der Waals surface area contributed by atoms with E-state index in [1.807, 2.05) is 6.08 Å². The Morgan fingerprint density at radius 3 is 2.28 bits per heavy atom. The summed E-state index contributed by atoms with van der Waals surface area (Å²) in [6.45, 7) is 12.8. The van der Waals surface area contributed by atoms with Crippen molar-refractivity contribution in [3.05, 3.63) is 36.0 Å². The minimum atomic E-state index is 0.0748. The number of hydrogen-bond donors (Lipinski definition) is 1. The number of aliphatic hydroxyl groups is 1. The number of rotatable bonds is 9. The van der Waals surface area contributed by atoms with E-state index >= 15 is 0 Å². The van der Waals surface area contributed by atoms with Gasteiger partial charge in [0.25, 0.3) is 0 Å². The van der Waals surface area contributed by atoms with Crippen molar-refractivity contribution >= 4 is 0 Å². The second-order valence-electron chi connectivity index (χ2n) is 5.74. The van der Waals surface area contributed by atoms with Crippen molar-refractivity contribution in [1.29, 1.82) is 0 Å². The molecule has 0 saturated heterocycles. The number of hydrogen-bond acceptors (Lipinski definition) is 1. The minimum Gasteiger partial charge on any atom is -0.396 e. The molecule has 0 bridgehead atoms. The lowest BCUT2D eigenvalue weighted by Crippen LogP contribution is -2.14. The summed E-state index contributed by atoms with van der Waals surface area (Å²) in [5.74, 6) is 0. The third-order valence-corrected chi connectivity index (χ3v) is 3.48. The van der Waals surface area contributed by atoms with Crippen molar-refractivity contribution in [2.75, 3.05) is 6.61 Å². The summed E-state index contributed by atoms with van der Waals surface area (Å²) in [5, 5.41) is 9.04. The smallest absolute Gasteiger partial charge is 0.0439 e. The van der Waals surface area contributed by atoms with Gasteiger partial charge in [0, 0.05) is 6.61 Å². The van der Waals surface area contributed by atoms with Gasteiger partial charge in [-0.25, -0.2) is 0 Å². The molecule has 0 aromatic rings. The molecule has 0 aliphatic heterocycles. The molecule has 0 rings (SSSR count). The average molecular weight is 250 g/mol. The van der Waals surface area contributed by atoms with Crippen LogP contribution in [0.3, 0.4) is 0 Å². The van der Waals surface area contributed by atoms with Gasteiger partial charge in [0.15, 0.2) is 0 Å². The van der Waals surface area contributed by atoms with Gasteiger partial charge in [0.2, 0.25) is 0 Å². The van der Waals surface area contributed by atoms with E-state index in [1.54, 1.807) is 0 Å². The van der Waals surface area contributed by atoms with Crippen molar-refractivity contribution in [1.82, 2.24) is 0 Å². The lowest BCUT2D eigenvalue weighted by atomic mass is 9.82. The van der Waals surface area contributed by atoms with Crippen LogP contribution in [0.5, 0.6) is 0 Å². The minimum absolute atomic E-state index is 0.0748. The molecule has 1 atom stereocenters. The highest BCUT2D eigenvalue weighted by atomic mass is 16.3. The summed E-state index contributed by atoms with van der Waals surface area (Å²) in [7, 11) is 0. The second-order valence-corrected chi connectivity index (χ2v) is 5.74. The van der Waals surface area contributed by atoms with E-state index in [4.69, 9.17) is 5.11 Å². The SMILES string of the molecule is C=CC(C)(CCO)CC/C=C(\C)CCC=C(C)C. The zero-order chi connectivity index (χ0) is 14.0. The number of aliphatic hydroxyl groups excluding tert-OH is 1. The maximum absolute atomic E-state index is 9.04. The van der Waals surface area contributed by atoms with Gasteiger partial charge in [-0.15, -0.1) is 6.58 Å². The van der Waals surface area contributed by atoms with Crippen LogP contribution in [0.15, 0.2) is 36.0 Å². The molecule has 0 aromatic heterocycles. The Balaban J connectivity index is 4.06. The molecule has 1 N–H and O–H groups in total. The van der Waals surface area contributed by atoms with E-state index in [2.05, 4.69) is 46.4 Å². The Morgan fingerprint density at radius 1 is 1.11 bits per heavy atom. The zero-order valence-corrected chi connectivity index (χ0v) is 12.6. The third kappa shape index (κ3) is 8.30. The maximum Gasteiger partial charge on any atom is 0.0439 e. The van der Waals surface area contributed by atoms with Crippen LogP contribution in [0.1, 0.15) is 59.8 Å². The van der Waals surface area contributed by atoms with E-state index in [9.17, 15) is 0 Å². The summed E-state index contributed by atoms with van der Waals surface area (Å²) >= 11 is 0. The molecule has 1 heteroatoms. The molecule has 0 amide bonds. The summed E-state index contributed by atoms with van der Waals surface area (Å²) in [4.78, 5) is 0. The molecule has 0 spiro atoms. The first-order valence-electron chi connectivity index (χ1n) is 6.97. The van der Waals surface area contributed by atoms with Crippen LogP contribution in [0.25, 0.3) is 0 Å². The standard InChI is InChI=1S/C17H30O/c1-6-17(5,13-14-18)12-8-11-16(4)10-7-9-15(2)3/h6,9,11,18H,1,7-8,10,12-14H2,2-5H3/b16-11+. The van der Waals surface area contributed by atoms with Crippen LogP contribution in [0.2, 0.25) is 0 Å². The molecule has 0 heterocycles. The quantitative estimate of drug-likeness (QED) is 0.569. The van der Waals surface area contributed by atoms with Crippen molar-refractivity contribution in [2.45, 2.75) is 59.8 Å². The normalized spacial score (nSPS) is 15.1. The molecule has 0 saturated carbocycles. The Hall–Kier alpha value is -0.820. The van der Waals surface area contributed by atoms with Gasteiger partial charge in [-0.1, -0.05) is 36.3 Å². The highest BCUT2D eigenvalue weighted by Crippen LogP contribution is 2.29. The highest BCUT2D eigenvalue weighted by molar-refractivity contribution is 5.03. The van der Waals surface area contributed by atoms with Gasteiger partial charge in [0.05, 0.1) is 0 Å². The van der Waals surface area contributed by atoms with Crippen molar-refractivity contribution < 1.29 is 5.11 Å². The Labute approximate surface area is 113 Å². The summed E-state index contributed by atoms with van der Waals surface area (Å²) < 4.78 is 0. The maximum atomic E-state index is 9.04.